The zero-order valence-corrected chi connectivity index (χ0v) is 19.8. The van der Waals surface area contributed by atoms with Crippen LogP contribution in [-0.4, -0.2) is 12.0 Å². The van der Waals surface area contributed by atoms with Gasteiger partial charge in [-0.05, 0) is 44.9 Å². The zero-order chi connectivity index (χ0) is 22.3. The molecule has 0 radical (unpaired) electrons. The molecule has 0 heterocycles. The second kappa shape index (κ2) is 15.3. The largest absolute Gasteiger partial charge is 0.391 e. The zero-order valence-electron chi connectivity index (χ0n) is 19.8. The topological polar surface area (TPSA) is 17.1 Å². The van der Waals surface area contributed by atoms with Crippen LogP contribution in [0.15, 0.2) is 0 Å². The Labute approximate surface area is 178 Å². The lowest BCUT2D eigenvalue weighted by atomic mass is 9.68. The molecule has 0 amide bonds. The van der Waals surface area contributed by atoms with Gasteiger partial charge in [0.1, 0.15) is 5.78 Å². The number of alkyl halides is 3. The highest BCUT2D eigenvalue weighted by Gasteiger charge is 2.39. The van der Waals surface area contributed by atoms with Gasteiger partial charge in [0.05, 0.1) is 5.92 Å². The van der Waals surface area contributed by atoms with Crippen LogP contribution in [0.4, 0.5) is 13.2 Å². The number of unbranched alkanes of at least 4 members (excludes halogenated alkanes) is 3. The highest BCUT2D eigenvalue weighted by atomic mass is 19.4. The third kappa shape index (κ3) is 11.4. The number of rotatable bonds is 18. The van der Waals surface area contributed by atoms with Crippen molar-refractivity contribution in [3.05, 3.63) is 0 Å². The normalized spacial score (nSPS) is 16.4. The first-order valence-electron chi connectivity index (χ1n) is 12.2. The average molecular weight is 421 g/mol. The third-order valence-electron chi connectivity index (χ3n) is 6.64. The molecule has 0 spiro atoms. The molecular formula is C25H47F3O. The van der Waals surface area contributed by atoms with E-state index in [0.29, 0.717) is 18.8 Å². The lowest BCUT2D eigenvalue weighted by Crippen LogP contribution is -2.32. The minimum absolute atomic E-state index is 0.206. The summed E-state index contributed by atoms with van der Waals surface area (Å²) in [5.41, 5.74) is -0.334. The summed E-state index contributed by atoms with van der Waals surface area (Å²) in [6, 6.07) is 0. The van der Waals surface area contributed by atoms with Gasteiger partial charge in [-0.3, -0.25) is 4.79 Å². The van der Waals surface area contributed by atoms with Crippen LogP contribution in [0.5, 0.6) is 0 Å². The van der Waals surface area contributed by atoms with Crippen LogP contribution in [-0.2, 0) is 4.79 Å². The molecule has 0 bridgehead atoms. The quantitative estimate of drug-likeness (QED) is 0.202. The SMILES string of the molecule is CCCCC(CCC)CC(CCC)(CCCCC(CCCC)C(F)(F)F)C(C)=O. The van der Waals surface area contributed by atoms with Crippen molar-refractivity contribution in [3.8, 4) is 0 Å². The molecule has 29 heavy (non-hydrogen) atoms. The molecule has 174 valence electrons. The van der Waals surface area contributed by atoms with Gasteiger partial charge in [0.15, 0.2) is 0 Å². The van der Waals surface area contributed by atoms with Crippen molar-refractivity contribution < 1.29 is 18.0 Å². The maximum Gasteiger partial charge on any atom is 0.391 e. The van der Waals surface area contributed by atoms with Crippen molar-refractivity contribution in [3.63, 3.8) is 0 Å². The van der Waals surface area contributed by atoms with Crippen LogP contribution in [0, 0.1) is 17.3 Å². The summed E-state index contributed by atoms with van der Waals surface area (Å²) in [6.07, 6.45) is 8.35. The maximum atomic E-state index is 13.3. The molecule has 0 aromatic rings. The molecule has 0 aliphatic heterocycles. The molecule has 3 atom stereocenters. The summed E-state index contributed by atoms with van der Waals surface area (Å²) in [4.78, 5) is 12.7. The molecule has 1 nitrogen and oxygen atoms in total. The van der Waals surface area contributed by atoms with E-state index in [2.05, 4.69) is 20.8 Å². The van der Waals surface area contributed by atoms with Crippen LogP contribution >= 0.6 is 0 Å². The Hall–Kier alpha value is -0.540. The lowest BCUT2D eigenvalue weighted by Gasteiger charge is -2.35. The van der Waals surface area contributed by atoms with E-state index in [9.17, 15) is 18.0 Å². The molecule has 3 unspecified atom stereocenters. The second-order valence-electron chi connectivity index (χ2n) is 9.21. The van der Waals surface area contributed by atoms with E-state index in [4.69, 9.17) is 0 Å². The van der Waals surface area contributed by atoms with Gasteiger partial charge in [-0.15, -0.1) is 0 Å². The van der Waals surface area contributed by atoms with Gasteiger partial charge in [-0.1, -0.05) is 91.9 Å². The molecule has 0 fully saturated rings. The van der Waals surface area contributed by atoms with Crippen LogP contribution < -0.4 is 0 Å². The van der Waals surface area contributed by atoms with Crippen LogP contribution in [0.1, 0.15) is 131 Å². The fraction of sp³-hybridized carbons (Fsp3) is 0.960. The molecule has 0 rings (SSSR count). The molecule has 0 saturated heterocycles. The minimum Gasteiger partial charge on any atom is -0.299 e. The Bertz CT molecular complexity index is 419. The first-order chi connectivity index (χ1) is 13.7. The maximum absolute atomic E-state index is 13.3. The predicted molar refractivity (Wildman–Crippen MR) is 118 cm³/mol. The Balaban J connectivity index is 5.02. The van der Waals surface area contributed by atoms with Crippen molar-refractivity contribution in [2.24, 2.45) is 17.3 Å². The van der Waals surface area contributed by atoms with Crippen molar-refractivity contribution in [1.82, 2.24) is 0 Å². The van der Waals surface area contributed by atoms with E-state index < -0.39 is 12.1 Å². The Morgan fingerprint density at radius 2 is 1.31 bits per heavy atom. The van der Waals surface area contributed by atoms with E-state index in [1.807, 2.05) is 6.92 Å². The van der Waals surface area contributed by atoms with Crippen LogP contribution in [0.25, 0.3) is 0 Å². The number of halogens is 3. The number of carbonyl (C=O) groups excluding carboxylic acids is 1. The van der Waals surface area contributed by atoms with Crippen LogP contribution in [0.3, 0.4) is 0 Å². The van der Waals surface area contributed by atoms with Crippen molar-refractivity contribution in [2.75, 3.05) is 0 Å². The fourth-order valence-electron chi connectivity index (χ4n) is 4.88. The van der Waals surface area contributed by atoms with Gasteiger partial charge in [0.25, 0.3) is 0 Å². The average Bonchev–Trinajstić information content (AvgIpc) is 2.64. The first-order valence-corrected chi connectivity index (χ1v) is 12.2. The minimum atomic E-state index is -4.09. The summed E-state index contributed by atoms with van der Waals surface area (Å²) < 4.78 is 39.8. The van der Waals surface area contributed by atoms with E-state index in [-0.39, 0.29) is 24.0 Å². The highest BCUT2D eigenvalue weighted by Crippen LogP contribution is 2.42. The molecule has 0 aliphatic carbocycles. The molecule has 4 heteroatoms. The summed E-state index contributed by atoms with van der Waals surface area (Å²) >= 11 is 0. The molecule has 0 aliphatic rings. The first kappa shape index (κ1) is 28.5. The Morgan fingerprint density at radius 3 is 1.79 bits per heavy atom. The number of carbonyl (C=O) groups is 1. The molecular weight excluding hydrogens is 373 g/mol. The van der Waals surface area contributed by atoms with Gasteiger partial charge in [0.2, 0.25) is 0 Å². The van der Waals surface area contributed by atoms with E-state index in [1.165, 1.54) is 6.42 Å². The summed E-state index contributed by atoms with van der Waals surface area (Å²) in [5.74, 6) is -0.379. The van der Waals surface area contributed by atoms with Crippen LogP contribution in [0.2, 0.25) is 0 Å². The molecule has 0 aromatic carbocycles. The summed E-state index contributed by atoms with van der Waals surface area (Å²) in [6.45, 7) is 10.1. The van der Waals surface area contributed by atoms with Crippen molar-refractivity contribution >= 4 is 5.78 Å². The second-order valence-corrected chi connectivity index (χ2v) is 9.21. The fourth-order valence-corrected chi connectivity index (χ4v) is 4.88. The summed E-state index contributed by atoms with van der Waals surface area (Å²) in [7, 11) is 0. The predicted octanol–water partition coefficient (Wildman–Crippen LogP) is 9.29. The summed E-state index contributed by atoms with van der Waals surface area (Å²) in [5, 5.41) is 0. The van der Waals surface area contributed by atoms with Gasteiger partial charge in [-0.2, -0.15) is 13.2 Å². The molecule has 0 N–H and O–H groups in total. The van der Waals surface area contributed by atoms with E-state index >= 15 is 0 Å². The van der Waals surface area contributed by atoms with Crippen molar-refractivity contribution in [1.29, 1.82) is 0 Å². The van der Waals surface area contributed by atoms with Crippen molar-refractivity contribution in [2.45, 2.75) is 137 Å². The third-order valence-corrected chi connectivity index (χ3v) is 6.64. The van der Waals surface area contributed by atoms with E-state index in [1.54, 1.807) is 6.92 Å². The van der Waals surface area contributed by atoms with Gasteiger partial charge < -0.3 is 0 Å². The number of ketones is 1. The van der Waals surface area contributed by atoms with Gasteiger partial charge in [0, 0.05) is 5.41 Å². The number of hydrogen-bond acceptors (Lipinski definition) is 1. The van der Waals surface area contributed by atoms with Gasteiger partial charge in [-0.25, -0.2) is 0 Å². The Morgan fingerprint density at radius 1 is 0.724 bits per heavy atom. The molecule has 0 aromatic heterocycles. The smallest absolute Gasteiger partial charge is 0.299 e. The lowest BCUT2D eigenvalue weighted by molar-refractivity contribution is -0.178. The monoisotopic (exact) mass is 420 g/mol. The van der Waals surface area contributed by atoms with Gasteiger partial charge >= 0.3 is 6.18 Å². The Kier molecular flexibility index (Phi) is 15.0. The number of Topliss-reactive ketones (excluding diaryl/α,β-unsaturated/α-hetero) is 1. The number of hydrogen-bond donors (Lipinski definition) is 0. The molecule has 0 saturated carbocycles. The standard InChI is InChI=1S/C25H47F3O/c1-6-10-15-22(14-8-3)20-24(18-9-4,21(5)29)19-13-12-17-23(16-11-7-2)25(26,27)28/h22-23H,6-20H2,1-5H3. The highest BCUT2D eigenvalue weighted by molar-refractivity contribution is 5.82. The van der Waals surface area contributed by atoms with E-state index in [0.717, 1.165) is 64.2 Å².